The van der Waals surface area contributed by atoms with E-state index >= 15 is 0 Å². The van der Waals surface area contributed by atoms with Gasteiger partial charge in [0, 0.05) is 17.0 Å². The van der Waals surface area contributed by atoms with Crippen molar-refractivity contribution in [3.63, 3.8) is 0 Å². The number of rotatable bonds is 10. The molecule has 4 rings (SSSR count). The van der Waals surface area contributed by atoms with E-state index in [1.807, 2.05) is 79.9 Å². The summed E-state index contributed by atoms with van der Waals surface area (Å²) in [5.41, 5.74) is 2.87. The first-order valence-electron chi connectivity index (χ1n) is 11.8. The van der Waals surface area contributed by atoms with Crippen molar-refractivity contribution in [2.45, 2.75) is 32.5 Å². The second-order valence-corrected chi connectivity index (χ2v) is 10.1. The minimum absolute atomic E-state index is 0.101. The van der Waals surface area contributed by atoms with Crippen molar-refractivity contribution in [2.24, 2.45) is 0 Å². The van der Waals surface area contributed by atoms with Crippen LogP contribution in [-0.4, -0.2) is 46.1 Å². The van der Waals surface area contributed by atoms with Crippen molar-refractivity contribution in [3.05, 3.63) is 65.0 Å². The number of thioether (sulfide) groups is 1. The fourth-order valence-electron chi connectivity index (χ4n) is 3.99. The van der Waals surface area contributed by atoms with Crippen molar-refractivity contribution >= 4 is 40.0 Å². The molecule has 192 valence electrons. The largest absolute Gasteiger partial charge is 0.493 e. The summed E-state index contributed by atoms with van der Waals surface area (Å²) in [5, 5.41) is 12.7. The average Bonchev–Trinajstić information content (AvgIpc) is 3.47. The fourth-order valence-corrected chi connectivity index (χ4v) is 5.87. The van der Waals surface area contributed by atoms with Crippen molar-refractivity contribution in [1.29, 1.82) is 0 Å². The van der Waals surface area contributed by atoms with Gasteiger partial charge >= 0.3 is 5.97 Å². The Balaban J connectivity index is 1.54. The molecular weight excluding hydrogens is 508 g/mol. The van der Waals surface area contributed by atoms with E-state index in [1.165, 1.54) is 30.2 Å². The third-order valence-electron chi connectivity index (χ3n) is 5.58. The highest BCUT2D eigenvalue weighted by Crippen LogP contribution is 2.40. The highest BCUT2D eigenvalue weighted by atomic mass is 32.2. The Hall–Kier alpha value is -3.63. The van der Waals surface area contributed by atoms with Gasteiger partial charge in [0.1, 0.15) is 16.3 Å². The molecule has 8 nitrogen and oxygen atoms in total. The van der Waals surface area contributed by atoms with Crippen LogP contribution in [0.15, 0.2) is 59.8 Å². The molecule has 0 spiro atoms. The number of amides is 1. The van der Waals surface area contributed by atoms with Gasteiger partial charge < -0.3 is 19.4 Å². The van der Waals surface area contributed by atoms with E-state index in [0.717, 1.165) is 27.3 Å². The first-order chi connectivity index (χ1) is 18.0. The van der Waals surface area contributed by atoms with Gasteiger partial charge in [0.2, 0.25) is 5.91 Å². The maximum atomic E-state index is 13.0. The van der Waals surface area contributed by atoms with Crippen molar-refractivity contribution < 1.29 is 19.1 Å². The maximum absolute atomic E-state index is 13.0. The van der Waals surface area contributed by atoms with E-state index in [4.69, 9.17) is 9.47 Å². The highest BCUT2D eigenvalue weighted by Gasteiger charge is 2.25. The van der Waals surface area contributed by atoms with E-state index < -0.39 is 5.97 Å². The van der Waals surface area contributed by atoms with E-state index in [9.17, 15) is 9.59 Å². The number of esters is 1. The Morgan fingerprint density at radius 2 is 1.78 bits per heavy atom. The number of benzene rings is 2. The van der Waals surface area contributed by atoms with E-state index in [0.29, 0.717) is 34.7 Å². The van der Waals surface area contributed by atoms with Crippen LogP contribution in [0.4, 0.5) is 5.00 Å². The number of nitrogens with one attached hydrogen (secondary N) is 1. The van der Waals surface area contributed by atoms with Gasteiger partial charge in [-0.25, -0.2) is 4.79 Å². The molecule has 37 heavy (non-hydrogen) atoms. The molecule has 0 bridgehead atoms. The van der Waals surface area contributed by atoms with Gasteiger partial charge in [0.15, 0.2) is 11.0 Å². The minimum Gasteiger partial charge on any atom is -0.493 e. The molecule has 0 saturated heterocycles. The van der Waals surface area contributed by atoms with Gasteiger partial charge in [-0.2, -0.15) is 0 Å². The molecule has 0 unspecified atom stereocenters. The SMILES string of the molecule is CCOc1ccccc1-c1nnc(SCC(=O)Nc2sc(C)c(-c3ccccc3)c2C(=O)OC)n1CC. The molecule has 0 radical (unpaired) electrons. The lowest BCUT2D eigenvalue weighted by Crippen LogP contribution is -2.16. The van der Waals surface area contributed by atoms with Crippen molar-refractivity contribution in [3.8, 4) is 28.3 Å². The zero-order valence-electron chi connectivity index (χ0n) is 21.1. The Kier molecular flexibility index (Phi) is 8.62. The summed E-state index contributed by atoms with van der Waals surface area (Å²) in [6.07, 6.45) is 0. The van der Waals surface area contributed by atoms with E-state index in [-0.39, 0.29) is 11.7 Å². The predicted molar refractivity (Wildman–Crippen MR) is 147 cm³/mol. The topological polar surface area (TPSA) is 95.3 Å². The van der Waals surface area contributed by atoms with Crippen LogP contribution in [0.3, 0.4) is 0 Å². The van der Waals surface area contributed by atoms with Crippen LogP contribution in [0.5, 0.6) is 5.75 Å². The zero-order valence-corrected chi connectivity index (χ0v) is 22.7. The van der Waals surface area contributed by atoms with Crippen LogP contribution >= 0.6 is 23.1 Å². The van der Waals surface area contributed by atoms with Crippen LogP contribution in [-0.2, 0) is 16.1 Å². The van der Waals surface area contributed by atoms with E-state index in [1.54, 1.807) is 0 Å². The van der Waals surface area contributed by atoms with Crippen LogP contribution < -0.4 is 10.1 Å². The third-order valence-corrected chi connectivity index (χ3v) is 7.57. The Bertz CT molecular complexity index is 1400. The highest BCUT2D eigenvalue weighted by molar-refractivity contribution is 7.99. The summed E-state index contributed by atoms with van der Waals surface area (Å²) in [6, 6.07) is 17.3. The van der Waals surface area contributed by atoms with Crippen LogP contribution in [0.2, 0.25) is 0 Å². The van der Waals surface area contributed by atoms with Crippen LogP contribution in [0.25, 0.3) is 22.5 Å². The van der Waals surface area contributed by atoms with Gasteiger partial charge in [0.25, 0.3) is 0 Å². The molecule has 0 atom stereocenters. The maximum Gasteiger partial charge on any atom is 0.341 e. The molecule has 0 aliphatic carbocycles. The Labute approximate surface area is 224 Å². The molecule has 0 saturated carbocycles. The molecule has 2 heterocycles. The Morgan fingerprint density at radius 3 is 2.49 bits per heavy atom. The zero-order chi connectivity index (χ0) is 26.4. The second-order valence-electron chi connectivity index (χ2n) is 7.91. The first-order valence-corrected chi connectivity index (χ1v) is 13.6. The van der Waals surface area contributed by atoms with Gasteiger partial charge in [-0.3, -0.25) is 4.79 Å². The number of para-hydroxylation sites is 1. The number of carbonyl (C=O) groups is 2. The molecule has 0 fully saturated rings. The summed E-state index contributed by atoms with van der Waals surface area (Å²) in [5.74, 6) is 0.777. The first kappa shape index (κ1) is 26.4. The lowest BCUT2D eigenvalue weighted by atomic mass is 10.0. The molecule has 4 aromatic rings. The number of carbonyl (C=O) groups excluding carboxylic acids is 2. The smallest absolute Gasteiger partial charge is 0.341 e. The number of aromatic nitrogens is 3. The molecule has 0 aliphatic rings. The molecule has 1 N–H and O–H groups in total. The second kappa shape index (κ2) is 12.1. The number of ether oxygens (including phenoxy) is 2. The van der Waals surface area contributed by atoms with Gasteiger partial charge in [-0.05, 0) is 38.5 Å². The lowest BCUT2D eigenvalue weighted by molar-refractivity contribution is -0.113. The number of aryl methyl sites for hydroxylation is 1. The number of anilines is 1. The summed E-state index contributed by atoms with van der Waals surface area (Å²) in [7, 11) is 1.34. The number of hydrogen-bond acceptors (Lipinski definition) is 8. The van der Waals surface area contributed by atoms with Gasteiger partial charge in [-0.15, -0.1) is 21.5 Å². The minimum atomic E-state index is -0.491. The fraction of sp³-hybridized carbons (Fsp3) is 0.259. The van der Waals surface area contributed by atoms with Crippen LogP contribution in [0.1, 0.15) is 29.1 Å². The number of thiophene rings is 1. The van der Waals surface area contributed by atoms with Crippen LogP contribution in [0, 0.1) is 6.92 Å². The predicted octanol–water partition coefficient (Wildman–Crippen LogP) is 5.92. The quantitative estimate of drug-likeness (QED) is 0.199. The standard InChI is InChI=1S/C27H28N4O4S2/c1-5-31-24(19-14-10-11-15-20(19)35-6-2)29-30-27(31)36-16-21(32)28-25-23(26(33)34-4)22(17(3)37-25)18-12-8-7-9-13-18/h7-15H,5-6,16H2,1-4H3,(H,28,32). The molecule has 2 aromatic carbocycles. The monoisotopic (exact) mass is 536 g/mol. The molecule has 10 heteroatoms. The summed E-state index contributed by atoms with van der Waals surface area (Å²) in [4.78, 5) is 26.6. The summed E-state index contributed by atoms with van der Waals surface area (Å²) < 4.78 is 12.8. The number of nitrogens with zero attached hydrogens (tertiary/aromatic N) is 3. The Morgan fingerprint density at radius 1 is 1.05 bits per heavy atom. The summed E-state index contributed by atoms with van der Waals surface area (Å²) >= 11 is 2.64. The molecule has 2 aromatic heterocycles. The molecule has 1 amide bonds. The van der Waals surface area contributed by atoms with Gasteiger partial charge in [0.05, 0.1) is 25.0 Å². The number of methoxy groups -OCH3 is 1. The third kappa shape index (κ3) is 5.70. The molecular formula is C27H28N4O4S2. The van der Waals surface area contributed by atoms with E-state index in [2.05, 4.69) is 15.5 Å². The molecule has 0 aliphatic heterocycles. The average molecular weight is 537 g/mol. The normalized spacial score (nSPS) is 10.8. The van der Waals surface area contributed by atoms with Crippen molar-refractivity contribution in [2.75, 3.05) is 24.8 Å². The lowest BCUT2D eigenvalue weighted by Gasteiger charge is -2.11. The number of hydrogen-bond donors (Lipinski definition) is 1. The van der Waals surface area contributed by atoms with Crippen molar-refractivity contribution in [1.82, 2.24) is 14.8 Å². The van der Waals surface area contributed by atoms with Gasteiger partial charge in [-0.1, -0.05) is 54.2 Å². The summed E-state index contributed by atoms with van der Waals surface area (Å²) in [6.45, 7) is 7.03.